The molecule has 0 bridgehead atoms. The summed E-state index contributed by atoms with van der Waals surface area (Å²) in [5.41, 5.74) is 0.624. The van der Waals surface area contributed by atoms with Crippen LogP contribution < -0.4 is 0 Å². The van der Waals surface area contributed by atoms with Crippen LogP contribution >= 0.6 is 23.2 Å². The predicted molar refractivity (Wildman–Crippen MR) is 97.8 cm³/mol. The van der Waals surface area contributed by atoms with Gasteiger partial charge in [-0.2, -0.15) is 17.0 Å². The largest absolute Gasteiger partial charge is 0.466 e. The second kappa shape index (κ2) is 8.68. The lowest BCUT2D eigenvalue weighted by atomic mass is 10.0. The second-order valence-electron chi connectivity index (χ2n) is 5.93. The summed E-state index contributed by atoms with van der Waals surface area (Å²) in [5, 5.41) is 0.722. The second-order valence-corrected chi connectivity index (χ2v) is 8.75. The van der Waals surface area contributed by atoms with Gasteiger partial charge in [0.15, 0.2) is 0 Å². The van der Waals surface area contributed by atoms with E-state index >= 15 is 0 Å². The fraction of sp³-hybridized carbons (Fsp3) is 0.562. The van der Waals surface area contributed by atoms with Crippen molar-refractivity contribution < 1.29 is 17.9 Å². The third-order valence-electron chi connectivity index (χ3n) is 4.15. The average Bonchev–Trinajstić information content (AvgIpc) is 2.59. The molecule has 0 amide bonds. The highest BCUT2D eigenvalue weighted by molar-refractivity contribution is 7.86. The van der Waals surface area contributed by atoms with Crippen LogP contribution in [0.25, 0.3) is 0 Å². The molecule has 0 radical (unpaired) electrons. The summed E-state index contributed by atoms with van der Waals surface area (Å²) in [5.74, 6) is -0.769. The van der Waals surface area contributed by atoms with Gasteiger partial charge < -0.3 is 4.74 Å². The summed E-state index contributed by atoms with van der Waals surface area (Å²) < 4.78 is 33.2. The lowest BCUT2D eigenvalue weighted by Gasteiger charge is -2.33. The van der Waals surface area contributed by atoms with Crippen LogP contribution in [0.15, 0.2) is 18.2 Å². The van der Waals surface area contributed by atoms with Gasteiger partial charge in [0.05, 0.1) is 22.6 Å². The lowest BCUT2D eigenvalue weighted by molar-refractivity contribution is -0.149. The van der Waals surface area contributed by atoms with Gasteiger partial charge in [-0.1, -0.05) is 35.3 Å². The molecule has 25 heavy (non-hydrogen) atoms. The van der Waals surface area contributed by atoms with E-state index in [-0.39, 0.29) is 25.7 Å². The Morgan fingerprint density at radius 3 is 2.80 bits per heavy atom. The first-order chi connectivity index (χ1) is 11.8. The molecule has 1 aromatic carbocycles. The van der Waals surface area contributed by atoms with E-state index in [9.17, 15) is 13.2 Å². The molecule has 6 nitrogen and oxygen atoms in total. The first-order valence-corrected chi connectivity index (χ1v) is 10.2. The van der Waals surface area contributed by atoms with Crippen molar-refractivity contribution in [2.24, 2.45) is 5.92 Å². The van der Waals surface area contributed by atoms with Crippen LogP contribution in [-0.4, -0.2) is 49.7 Å². The molecule has 9 heteroatoms. The van der Waals surface area contributed by atoms with Gasteiger partial charge in [-0.25, -0.2) is 0 Å². The number of hydrogen-bond donors (Lipinski definition) is 0. The number of benzene rings is 1. The van der Waals surface area contributed by atoms with Crippen LogP contribution in [0.4, 0.5) is 0 Å². The third-order valence-corrected chi connectivity index (χ3v) is 6.91. The van der Waals surface area contributed by atoms with E-state index in [2.05, 4.69) is 0 Å². The molecule has 0 aromatic heterocycles. The molecule has 1 aromatic rings. The van der Waals surface area contributed by atoms with Crippen LogP contribution in [0.5, 0.6) is 0 Å². The number of nitrogens with zero attached hydrogens (tertiary/aromatic N) is 2. The maximum absolute atomic E-state index is 12.8. The molecule has 0 N–H and O–H groups in total. The minimum absolute atomic E-state index is 0.0995. The quantitative estimate of drug-likeness (QED) is 0.678. The number of halogens is 2. The van der Waals surface area contributed by atoms with Crippen molar-refractivity contribution in [3.63, 3.8) is 0 Å². The highest BCUT2D eigenvalue weighted by Gasteiger charge is 2.35. The zero-order valence-electron chi connectivity index (χ0n) is 14.2. The summed E-state index contributed by atoms with van der Waals surface area (Å²) in [6.07, 6.45) is 1.25. The molecule has 1 saturated heterocycles. The summed E-state index contributed by atoms with van der Waals surface area (Å²) >= 11 is 12.1. The highest BCUT2D eigenvalue weighted by Crippen LogP contribution is 2.28. The van der Waals surface area contributed by atoms with Crippen molar-refractivity contribution in [2.45, 2.75) is 26.3 Å². The topological polar surface area (TPSA) is 66.9 Å². The number of carbonyl (C=O) groups is 1. The summed E-state index contributed by atoms with van der Waals surface area (Å²) in [6, 6.07) is 5.11. The van der Waals surface area contributed by atoms with Crippen LogP contribution in [0.1, 0.15) is 25.3 Å². The van der Waals surface area contributed by atoms with E-state index in [4.69, 9.17) is 27.9 Å². The number of ether oxygens (including phenoxy) is 1. The number of piperidine rings is 1. The Morgan fingerprint density at radius 2 is 2.12 bits per heavy atom. The average molecular weight is 409 g/mol. The Morgan fingerprint density at radius 1 is 1.40 bits per heavy atom. The zero-order chi connectivity index (χ0) is 18.6. The van der Waals surface area contributed by atoms with E-state index in [1.165, 1.54) is 15.7 Å². The van der Waals surface area contributed by atoms with Crippen molar-refractivity contribution in [3.8, 4) is 0 Å². The fourth-order valence-corrected chi connectivity index (χ4v) is 4.60. The van der Waals surface area contributed by atoms with Gasteiger partial charge in [-0.3, -0.25) is 4.79 Å². The standard InChI is InChI=1S/C16H22Cl2N2O4S/c1-3-24-16(21)13-7-5-9-20(11-13)25(22,23)19(2)10-12-6-4-8-14(17)15(12)18/h4,6,8,13H,3,5,7,9-11H2,1-2H3/t13-/m1/s1. The third kappa shape index (κ3) is 4.86. The smallest absolute Gasteiger partial charge is 0.310 e. The van der Waals surface area contributed by atoms with Gasteiger partial charge >= 0.3 is 5.97 Å². The first kappa shape index (κ1) is 20.5. The van der Waals surface area contributed by atoms with Gasteiger partial charge in [-0.05, 0) is 31.4 Å². The monoisotopic (exact) mass is 408 g/mol. The van der Waals surface area contributed by atoms with E-state index in [0.717, 1.165) is 0 Å². The van der Waals surface area contributed by atoms with Crippen molar-refractivity contribution in [1.82, 2.24) is 8.61 Å². The molecule has 0 spiro atoms. The Kier molecular flexibility index (Phi) is 7.10. The summed E-state index contributed by atoms with van der Waals surface area (Å²) in [7, 11) is -2.23. The normalized spacial score (nSPS) is 19.2. The van der Waals surface area contributed by atoms with Crippen LogP contribution in [-0.2, 0) is 26.3 Å². The van der Waals surface area contributed by atoms with Crippen molar-refractivity contribution >= 4 is 39.4 Å². The van der Waals surface area contributed by atoms with Gasteiger partial charge in [-0.15, -0.1) is 0 Å². The molecule has 1 aliphatic heterocycles. The molecule has 1 aliphatic rings. The molecule has 0 aliphatic carbocycles. The molecule has 0 saturated carbocycles. The van der Waals surface area contributed by atoms with Gasteiger partial charge in [0.1, 0.15) is 0 Å². The Balaban J connectivity index is 2.11. The van der Waals surface area contributed by atoms with Crippen LogP contribution in [0.3, 0.4) is 0 Å². The first-order valence-electron chi connectivity index (χ1n) is 8.08. The molecule has 1 fully saturated rings. The lowest BCUT2D eigenvalue weighted by Crippen LogP contribution is -2.48. The van der Waals surface area contributed by atoms with Gasteiger partial charge in [0.25, 0.3) is 10.2 Å². The molecular weight excluding hydrogens is 387 g/mol. The maximum Gasteiger partial charge on any atom is 0.310 e. The molecule has 0 unspecified atom stereocenters. The van der Waals surface area contributed by atoms with Crippen LogP contribution in [0, 0.1) is 5.92 Å². The van der Waals surface area contributed by atoms with Crippen molar-refractivity contribution in [2.75, 3.05) is 26.7 Å². The molecule has 140 valence electrons. The number of carbonyl (C=O) groups excluding carboxylic acids is 1. The van der Waals surface area contributed by atoms with Crippen molar-refractivity contribution in [1.29, 1.82) is 0 Å². The SMILES string of the molecule is CCOC(=O)[C@@H]1CCCN(S(=O)(=O)N(C)Cc2cccc(Cl)c2Cl)C1. The zero-order valence-corrected chi connectivity index (χ0v) is 16.6. The fourth-order valence-electron chi connectivity index (χ4n) is 2.79. The van der Waals surface area contributed by atoms with Crippen molar-refractivity contribution in [3.05, 3.63) is 33.8 Å². The summed E-state index contributed by atoms with van der Waals surface area (Å²) in [6.45, 7) is 2.63. The molecule has 2 rings (SSSR count). The predicted octanol–water partition coefficient (Wildman–Crippen LogP) is 2.95. The number of esters is 1. The molecule has 1 heterocycles. The molecule has 1 atom stereocenters. The van der Waals surface area contributed by atoms with E-state index in [1.807, 2.05) is 0 Å². The van der Waals surface area contributed by atoms with E-state index in [0.29, 0.717) is 35.0 Å². The Hall–Kier alpha value is -0.860. The minimum atomic E-state index is -3.71. The van der Waals surface area contributed by atoms with Crippen LogP contribution in [0.2, 0.25) is 10.0 Å². The maximum atomic E-state index is 12.8. The van der Waals surface area contributed by atoms with E-state index < -0.39 is 16.1 Å². The molecular formula is C16H22Cl2N2O4S. The van der Waals surface area contributed by atoms with Gasteiger partial charge in [0, 0.05) is 26.7 Å². The Bertz CT molecular complexity index is 727. The number of rotatable bonds is 6. The highest BCUT2D eigenvalue weighted by atomic mass is 35.5. The minimum Gasteiger partial charge on any atom is -0.466 e. The van der Waals surface area contributed by atoms with Gasteiger partial charge in [0.2, 0.25) is 0 Å². The number of hydrogen-bond acceptors (Lipinski definition) is 4. The Labute approximate surface area is 158 Å². The summed E-state index contributed by atoms with van der Waals surface area (Å²) in [4.78, 5) is 11.9. The van der Waals surface area contributed by atoms with E-state index in [1.54, 1.807) is 25.1 Å².